The number of ether oxygens (including phenoxy) is 1. The topological polar surface area (TPSA) is 52.3 Å². The first-order chi connectivity index (χ1) is 8.03. The molecule has 0 spiro atoms. The summed E-state index contributed by atoms with van der Waals surface area (Å²) in [5.74, 6) is -1.02. The van der Waals surface area contributed by atoms with E-state index in [2.05, 4.69) is 9.72 Å². The van der Waals surface area contributed by atoms with Crippen molar-refractivity contribution in [2.24, 2.45) is 5.41 Å². The van der Waals surface area contributed by atoms with Crippen LogP contribution >= 0.6 is 0 Å². The maximum Gasteiger partial charge on any atom is 0.426 e. The van der Waals surface area contributed by atoms with Crippen LogP contribution in [0.4, 0.5) is 13.2 Å². The highest BCUT2D eigenvalue weighted by Gasteiger charge is 2.50. The fourth-order valence-electron chi connectivity index (χ4n) is 1.40. The number of hydrogen-bond acceptors (Lipinski definition) is 4. The first-order valence-corrected chi connectivity index (χ1v) is 5.21. The molecule has 0 N–H and O–H groups in total. The SMILES string of the molecule is Cc1ocnc1C(=O)O[C@@H](C(C)(C)C)C(F)(F)F. The highest BCUT2D eigenvalue weighted by molar-refractivity contribution is 5.88. The summed E-state index contributed by atoms with van der Waals surface area (Å²) in [6.07, 6.45) is -5.86. The summed E-state index contributed by atoms with van der Waals surface area (Å²) in [6, 6.07) is 0. The van der Waals surface area contributed by atoms with Crippen LogP contribution in [0.5, 0.6) is 0 Å². The molecule has 0 aliphatic heterocycles. The van der Waals surface area contributed by atoms with Crippen molar-refractivity contribution in [2.45, 2.75) is 40.0 Å². The van der Waals surface area contributed by atoms with Gasteiger partial charge in [0.2, 0.25) is 6.10 Å². The Hall–Kier alpha value is -1.53. The zero-order valence-corrected chi connectivity index (χ0v) is 10.5. The third-order valence-corrected chi connectivity index (χ3v) is 2.25. The minimum Gasteiger partial charge on any atom is -0.448 e. The predicted molar refractivity (Wildman–Crippen MR) is 56.0 cm³/mol. The van der Waals surface area contributed by atoms with Crippen molar-refractivity contribution in [3.63, 3.8) is 0 Å². The third kappa shape index (κ3) is 3.24. The number of esters is 1. The molecule has 1 rings (SSSR count). The van der Waals surface area contributed by atoms with Crippen molar-refractivity contribution in [3.05, 3.63) is 17.8 Å². The molecule has 1 heterocycles. The van der Waals surface area contributed by atoms with Gasteiger partial charge in [-0.15, -0.1) is 0 Å². The van der Waals surface area contributed by atoms with Crippen LogP contribution in [0.2, 0.25) is 0 Å². The summed E-state index contributed by atoms with van der Waals surface area (Å²) in [5, 5.41) is 0. The monoisotopic (exact) mass is 265 g/mol. The molecule has 0 radical (unpaired) electrons. The van der Waals surface area contributed by atoms with Crippen LogP contribution in [0.3, 0.4) is 0 Å². The summed E-state index contributed by atoms with van der Waals surface area (Å²) >= 11 is 0. The average Bonchev–Trinajstić information content (AvgIpc) is 2.56. The van der Waals surface area contributed by atoms with E-state index < -0.39 is 23.7 Å². The van der Waals surface area contributed by atoms with Crippen molar-refractivity contribution in [2.75, 3.05) is 0 Å². The van der Waals surface area contributed by atoms with Crippen LogP contribution in [0.25, 0.3) is 0 Å². The fourth-order valence-corrected chi connectivity index (χ4v) is 1.40. The van der Waals surface area contributed by atoms with Crippen LogP contribution in [0.15, 0.2) is 10.8 Å². The van der Waals surface area contributed by atoms with Crippen LogP contribution < -0.4 is 0 Å². The van der Waals surface area contributed by atoms with Gasteiger partial charge in [-0.25, -0.2) is 9.78 Å². The number of aryl methyl sites for hydroxylation is 1. The Labute approximate surface area is 102 Å². The Morgan fingerprint density at radius 2 is 1.94 bits per heavy atom. The number of hydrogen-bond donors (Lipinski definition) is 0. The van der Waals surface area contributed by atoms with Crippen molar-refractivity contribution in [1.29, 1.82) is 0 Å². The minimum absolute atomic E-state index is 0.120. The van der Waals surface area contributed by atoms with Crippen molar-refractivity contribution in [1.82, 2.24) is 4.98 Å². The van der Waals surface area contributed by atoms with Gasteiger partial charge in [0, 0.05) is 5.41 Å². The quantitative estimate of drug-likeness (QED) is 0.771. The molecule has 0 aliphatic rings. The molecule has 0 aromatic carbocycles. The predicted octanol–water partition coefficient (Wildman–Crippen LogP) is 3.12. The number of carbonyl (C=O) groups is 1. The van der Waals surface area contributed by atoms with E-state index in [1.807, 2.05) is 0 Å². The van der Waals surface area contributed by atoms with E-state index in [0.717, 1.165) is 6.39 Å². The molecule has 1 aromatic rings. The van der Waals surface area contributed by atoms with Gasteiger partial charge in [0.05, 0.1) is 0 Å². The number of aromatic nitrogens is 1. The number of rotatable bonds is 2. The smallest absolute Gasteiger partial charge is 0.426 e. The lowest BCUT2D eigenvalue weighted by atomic mass is 9.88. The second kappa shape index (κ2) is 4.62. The Bertz CT molecular complexity index is 417. The van der Waals surface area contributed by atoms with Crippen LogP contribution in [-0.4, -0.2) is 23.2 Å². The largest absolute Gasteiger partial charge is 0.448 e. The molecule has 0 saturated carbocycles. The fraction of sp³-hybridized carbons (Fsp3) is 0.636. The van der Waals surface area contributed by atoms with E-state index in [1.54, 1.807) is 0 Å². The molecule has 7 heteroatoms. The zero-order valence-electron chi connectivity index (χ0n) is 10.5. The summed E-state index contributed by atoms with van der Waals surface area (Å²) in [5.41, 5.74) is -1.50. The average molecular weight is 265 g/mol. The molecule has 0 aliphatic carbocycles. The minimum atomic E-state index is -4.63. The van der Waals surface area contributed by atoms with Crippen molar-refractivity contribution < 1.29 is 27.1 Å². The molecule has 102 valence electrons. The van der Waals surface area contributed by atoms with Gasteiger partial charge in [-0.05, 0) is 6.92 Å². The molecule has 1 atom stereocenters. The molecule has 18 heavy (non-hydrogen) atoms. The molecule has 0 bridgehead atoms. The van der Waals surface area contributed by atoms with Crippen LogP contribution in [-0.2, 0) is 4.74 Å². The van der Waals surface area contributed by atoms with Crippen LogP contribution in [0, 0.1) is 12.3 Å². The van der Waals surface area contributed by atoms with Gasteiger partial charge >= 0.3 is 12.1 Å². The summed E-state index contributed by atoms with van der Waals surface area (Å²) < 4.78 is 47.7. The Morgan fingerprint density at radius 3 is 2.28 bits per heavy atom. The number of halogens is 3. The Balaban J connectivity index is 2.93. The van der Waals surface area contributed by atoms with Gasteiger partial charge in [0.1, 0.15) is 5.76 Å². The van der Waals surface area contributed by atoms with Gasteiger partial charge in [-0.1, -0.05) is 20.8 Å². The van der Waals surface area contributed by atoms with Gasteiger partial charge in [-0.3, -0.25) is 0 Å². The van der Waals surface area contributed by atoms with E-state index >= 15 is 0 Å². The molecular weight excluding hydrogens is 251 g/mol. The van der Waals surface area contributed by atoms with Crippen LogP contribution in [0.1, 0.15) is 37.0 Å². The maximum atomic E-state index is 12.8. The number of oxazole rings is 1. The normalized spacial score (nSPS) is 14.4. The Kier molecular flexibility index (Phi) is 3.73. The number of nitrogens with zero attached hydrogens (tertiary/aromatic N) is 1. The second-order valence-electron chi connectivity index (χ2n) is 4.95. The van der Waals surface area contributed by atoms with E-state index in [0.29, 0.717) is 0 Å². The summed E-state index contributed by atoms with van der Waals surface area (Å²) in [4.78, 5) is 15.1. The lowest BCUT2D eigenvalue weighted by molar-refractivity contribution is -0.231. The lowest BCUT2D eigenvalue weighted by Gasteiger charge is -2.31. The molecule has 4 nitrogen and oxygen atoms in total. The highest BCUT2D eigenvalue weighted by atomic mass is 19.4. The van der Waals surface area contributed by atoms with Crippen molar-refractivity contribution >= 4 is 5.97 Å². The molecule has 0 fully saturated rings. The summed E-state index contributed by atoms with van der Waals surface area (Å²) in [6.45, 7) is 5.44. The molecule has 1 aromatic heterocycles. The lowest BCUT2D eigenvalue weighted by Crippen LogP contribution is -2.43. The summed E-state index contributed by atoms with van der Waals surface area (Å²) in [7, 11) is 0. The van der Waals surface area contributed by atoms with Gasteiger partial charge in [0.25, 0.3) is 0 Å². The van der Waals surface area contributed by atoms with E-state index in [9.17, 15) is 18.0 Å². The van der Waals surface area contributed by atoms with Gasteiger partial charge in [0.15, 0.2) is 12.1 Å². The van der Waals surface area contributed by atoms with E-state index in [4.69, 9.17) is 4.42 Å². The highest BCUT2D eigenvalue weighted by Crippen LogP contribution is 2.36. The molecular formula is C11H14F3NO3. The Morgan fingerprint density at radius 1 is 1.39 bits per heavy atom. The second-order valence-corrected chi connectivity index (χ2v) is 4.95. The van der Waals surface area contributed by atoms with E-state index in [1.165, 1.54) is 27.7 Å². The number of carbonyl (C=O) groups excluding carboxylic acids is 1. The molecule has 0 unspecified atom stereocenters. The maximum absolute atomic E-state index is 12.8. The van der Waals surface area contributed by atoms with Gasteiger partial charge in [-0.2, -0.15) is 13.2 Å². The van der Waals surface area contributed by atoms with E-state index in [-0.39, 0.29) is 11.5 Å². The standard InChI is InChI=1S/C11H14F3NO3/c1-6-7(15-5-17-6)8(16)18-9(10(2,3)4)11(12,13)14/h5,9H,1-4H3/t9-/m0/s1. The molecule has 0 saturated heterocycles. The third-order valence-electron chi connectivity index (χ3n) is 2.25. The first-order valence-electron chi connectivity index (χ1n) is 5.21. The van der Waals surface area contributed by atoms with Crippen molar-refractivity contribution in [3.8, 4) is 0 Å². The zero-order chi connectivity index (χ0) is 14.1. The van der Waals surface area contributed by atoms with Gasteiger partial charge < -0.3 is 9.15 Å². The number of alkyl halides is 3. The molecule has 0 amide bonds. The first kappa shape index (κ1) is 14.5.